The molecular formula is C10H10ClNO2. The van der Waals surface area contributed by atoms with Crippen LogP contribution in [-0.2, 0) is 4.79 Å². The van der Waals surface area contributed by atoms with Gasteiger partial charge in [-0.1, -0.05) is 29.8 Å². The molecule has 1 rings (SSSR count). The monoisotopic (exact) mass is 211 g/mol. The van der Waals surface area contributed by atoms with Crippen LogP contribution in [0.15, 0.2) is 30.3 Å². The van der Waals surface area contributed by atoms with Crippen LogP contribution < -0.4 is 5.73 Å². The first kappa shape index (κ1) is 10.8. The normalized spacial score (nSPS) is 13.0. The van der Waals surface area contributed by atoms with E-state index in [2.05, 4.69) is 0 Å². The molecule has 0 fully saturated rings. The molecule has 0 heterocycles. The Hall–Kier alpha value is -1.32. The quantitative estimate of drug-likeness (QED) is 0.789. The third-order valence-electron chi connectivity index (χ3n) is 1.61. The smallest absolute Gasteiger partial charge is 0.250 e. The van der Waals surface area contributed by atoms with E-state index in [1.165, 1.54) is 6.08 Å². The molecule has 0 aliphatic heterocycles. The van der Waals surface area contributed by atoms with Gasteiger partial charge in [0.2, 0.25) is 5.91 Å². The highest BCUT2D eigenvalue weighted by molar-refractivity contribution is 6.30. The van der Waals surface area contributed by atoms with Gasteiger partial charge in [0.25, 0.3) is 0 Å². The summed E-state index contributed by atoms with van der Waals surface area (Å²) in [5, 5.41) is 9.66. The number of nitrogens with two attached hydrogens (primary N) is 1. The molecule has 1 amide bonds. The molecule has 0 saturated heterocycles. The van der Waals surface area contributed by atoms with Crippen molar-refractivity contribution in [2.45, 2.75) is 6.10 Å². The van der Waals surface area contributed by atoms with E-state index in [1.807, 2.05) is 0 Å². The number of aliphatic hydroxyl groups is 1. The van der Waals surface area contributed by atoms with Crippen LogP contribution in [0.1, 0.15) is 5.56 Å². The number of carbonyl (C=O) groups excluding carboxylic acids is 1. The van der Waals surface area contributed by atoms with Crippen LogP contribution in [0.3, 0.4) is 0 Å². The van der Waals surface area contributed by atoms with Crippen LogP contribution in [-0.4, -0.2) is 17.1 Å². The van der Waals surface area contributed by atoms with E-state index in [9.17, 15) is 4.79 Å². The molecule has 4 heteroatoms. The SMILES string of the molecule is NC(=O)C(O)/C=C/c1cccc(Cl)c1. The Bertz CT molecular complexity index is 363. The lowest BCUT2D eigenvalue weighted by Gasteiger charge is -1.98. The lowest BCUT2D eigenvalue weighted by atomic mass is 10.2. The van der Waals surface area contributed by atoms with E-state index in [0.717, 1.165) is 5.56 Å². The fraction of sp³-hybridized carbons (Fsp3) is 0.100. The summed E-state index contributed by atoms with van der Waals surface area (Å²) in [4.78, 5) is 10.5. The number of aliphatic hydroxyl groups excluding tert-OH is 1. The number of carbonyl (C=O) groups is 1. The lowest BCUT2D eigenvalue weighted by molar-refractivity contribution is -0.123. The zero-order chi connectivity index (χ0) is 10.6. The molecule has 0 aliphatic rings. The standard InChI is InChI=1S/C10H10ClNO2/c11-8-3-1-2-7(6-8)4-5-9(13)10(12)14/h1-6,9,13H,(H2,12,14)/b5-4+. The van der Waals surface area contributed by atoms with E-state index in [4.69, 9.17) is 22.4 Å². The number of benzene rings is 1. The number of primary amides is 1. The van der Waals surface area contributed by atoms with Crippen molar-refractivity contribution in [3.05, 3.63) is 40.9 Å². The Morgan fingerprint density at radius 1 is 1.57 bits per heavy atom. The number of halogens is 1. The van der Waals surface area contributed by atoms with Gasteiger partial charge < -0.3 is 10.8 Å². The molecule has 3 nitrogen and oxygen atoms in total. The van der Waals surface area contributed by atoms with Crippen molar-refractivity contribution in [1.29, 1.82) is 0 Å². The molecule has 0 aromatic heterocycles. The van der Waals surface area contributed by atoms with Crippen LogP contribution in [0.25, 0.3) is 6.08 Å². The highest BCUT2D eigenvalue weighted by Crippen LogP contribution is 2.11. The van der Waals surface area contributed by atoms with Gasteiger partial charge in [0.05, 0.1) is 0 Å². The van der Waals surface area contributed by atoms with E-state index in [1.54, 1.807) is 30.3 Å². The van der Waals surface area contributed by atoms with Crippen molar-refractivity contribution in [2.24, 2.45) is 5.73 Å². The molecule has 1 atom stereocenters. The Morgan fingerprint density at radius 3 is 2.86 bits per heavy atom. The van der Waals surface area contributed by atoms with Gasteiger partial charge in [-0.2, -0.15) is 0 Å². The molecule has 0 aliphatic carbocycles. The van der Waals surface area contributed by atoms with Crippen LogP contribution in [0.2, 0.25) is 5.02 Å². The summed E-state index contributed by atoms with van der Waals surface area (Å²) >= 11 is 5.73. The zero-order valence-electron chi connectivity index (χ0n) is 7.35. The molecule has 0 spiro atoms. The second-order valence-corrected chi connectivity index (χ2v) is 3.20. The second-order valence-electron chi connectivity index (χ2n) is 2.76. The van der Waals surface area contributed by atoms with Gasteiger partial charge in [-0.05, 0) is 23.8 Å². The number of hydrogen-bond donors (Lipinski definition) is 2. The number of rotatable bonds is 3. The molecule has 0 saturated carbocycles. The van der Waals surface area contributed by atoms with Gasteiger partial charge >= 0.3 is 0 Å². The van der Waals surface area contributed by atoms with Crippen molar-refractivity contribution < 1.29 is 9.90 Å². The van der Waals surface area contributed by atoms with Crippen LogP contribution in [0.5, 0.6) is 0 Å². The Balaban J connectivity index is 2.73. The lowest BCUT2D eigenvalue weighted by Crippen LogP contribution is -2.25. The maximum Gasteiger partial charge on any atom is 0.250 e. The predicted octanol–water partition coefficient (Wildman–Crippen LogP) is 1.20. The van der Waals surface area contributed by atoms with Crippen molar-refractivity contribution in [2.75, 3.05) is 0 Å². The van der Waals surface area contributed by atoms with Crippen molar-refractivity contribution in [1.82, 2.24) is 0 Å². The first-order valence-electron chi connectivity index (χ1n) is 4.01. The van der Waals surface area contributed by atoms with E-state index >= 15 is 0 Å². The highest BCUT2D eigenvalue weighted by atomic mass is 35.5. The van der Waals surface area contributed by atoms with Crippen molar-refractivity contribution >= 4 is 23.6 Å². The third kappa shape index (κ3) is 3.20. The van der Waals surface area contributed by atoms with E-state index in [0.29, 0.717) is 5.02 Å². The molecule has 14 heavy (non-hydrogen) atoms. The van der Waals surface area contributed by atoms with Gasteiger partial charge in [-0.15, -0.1) is 0 Å². The molecule has 74 valence electrons. The summed E-state index contributed by atoms with van der Waals surface area (Å²) in [5.74, 6) is -0.775. The van der Waals surface area contributed by atoms with Crippen molar-refractivity contribution in [3.63, 3.8) is 0 Å². The third-order valence-corrected chi connectivity index (χ3v) is 1.85. The van der Waals surface area contributed by atoms with E-state index in [-0.39, 0.29) is 0 Å². The van der Waals surface area contributed by atoms with Crippen LogP contribution >= 0.6 is 11.6 Å². The maximum atomic E-state index is 10.5. The van der Waals surface area contributed by atoms with Crippen LogP contribution in [0.4, 0.5) is 0 Å². The minimum absolute atomic E-state index is 0.598. The fourth-order valence-corrected chi connectivity index (χ4v) is 1.11. The summed E-state index contributed by atoms with van der Waals surface area (Å²) < 4.78 is 0. The van der Waals surface area contributed by atoms with Gasteiger partial charge in [0, 0.05) is 5.02 Å². The summed E-state index contributed by atoms with van der Waals surface area (Å²) in [6, 6.07) is 7.03. The minimum atomic E-state index is -1.26. The molecule has 1 aromatic carbocycles. The van der Waals surface area contributed by atoms with E-state index < -0.39 is 12.0 Å². The molecule has 1 aromatic rings. The molecule has 0 bridgehead atoms. The number of hydrogen-bond acceptors (Lipinski definition) is 2. The van der Waals surface area contributed by atoms with Gasteiger partial charge in [-0.25, -0.2) is 0 Å². The molecule has 3 N–H and O–H groups in total. The van der Waals surface area contributed by atoms with Crippen molar-refractivity contribution in [3.8, 4) is 0 Å². The summed E-state index contributed by atoms with van der Waals surface area (Å²) in [7, 11) is 0. The summed E-state index contributed by atoms with van der Waals surface area (Å²) in [6.07, 6.45) is 1.64. The number of amides is 1. The van der Waals surface area contributed by atoms with Gasteiger partial charge in [-0.3, -0.25) is 4.79 Å². The predicted molar refractivity (Wildman–Crippen MR) is 55.7 cm³/mol. The Labute approximate surface area is 86.8 Å². The largest absolute Gasteiger partial charge is 0.379 e. The first-order chi connectivity index (χ1) is 6.59. The Morgan fingerprint density at radius 2 is 2.29 bits per heavy atom. The van der Waals surface area contributed by atoms with Crippen LogP contribution in [0, 0.1) is 0 Å². The fourth-order valence-electron chi connectivity index (χ4n) is 0.907. The Kier molecular flexibility index (Phi) is 3.68. The zero-order valence-corrected chi connectivity index (χ0v) is 8.11. The summed E-state index contributed by atoms with van der Waals surface area (Å²) in [6.45, 7) is 0. The van der Waals surface area contributed by atoms with Gasteiger partial charge in [0.1, 0.15) is 0 Å². The first-order valence-corrected chi connectivity index (χ1v) is 4.38. The average Bonchev–Trinajstić information content (AvgIpc) is 2.14. The molecule has 0 radical (unpaired) electrons. The topological polar surface area (TPSA) is 63.3 Å². The molecular weight excluding hydrogens is 202 g/mol. The summed E-state index contributed by atoms with van der Waals surface area (Å²) in [5.41, 5.74) is 5.67. The highest BCUT2D eigenvalue weighted by Gasteiger charge is 2.04. The average molecular weight is 212 g/mol. The van der Waals surface area contributed by atoms with Gasteiger partial charge in [0.15, 0.2) is 6.10 Å². The second kappa shape index (κ2) is 4.79. The minimum Gasteiger partial charge on any atom is -0.379 e. The molecule has 1 unspecified atom stereocenters. The maximum absolute atomic E-state index is 10.5.